The first-order valence-corrected chi connectivity index (χ1v) is 0. The normalized spacial score (nSPS) is 0. The number of rotatable bonds is 0. The summed E-state index contributed by atoms with van der Waals surface area (Å²) in [5, 5.41) is 0. The van der Waals surface area contributed by atoms with Gasteiger partial charge in [-0.2, -0.15) is 0 Å². The molecule has 0 atom stereocenters. The Labute approximate surface area is 155 Å². The first-order valence-electron chi connectivity index (χ1n) is 0. The maximum absolute atomic E-state index is 0. The molecule has 0 heterocycles. The van der Waals surface area contributed by atoms with Gasteiger partial charge in [-0.25, -0.2) is 0 Å². The molecule has 0 amide bonds. The van der Waals surface area contributed by atoms with Crippen LogP contribution in [0.5, 0.6) is 0 Å². The second-order valence-corrected chi connectivity index (χ2v) is 0. The second-order valence-electron chi connectivity index (χ2n) is 0. The Morgan fingerprint density at radius 1 is 0.500 bits per heavy atom. The Balaban J connectivity index is 0. The van der Waals surface area contributed by atoms with Crippen LogP contribution < -0.4 is 80.9 Å². The molecular weight excluding hydrogens is 344 g/mol. The molecule has 2 radical (unpaired) electrons. The summed E-state index contributed by atoms with van der Waals surface area (Å²) in [5.74, 6) is 0. The van der Waals surface area contributed by atoms with Gasteiger partial charge in [0.25, 0.3) is 0 Å². The summed E-state index contributed by atoms with van der Waals surface area (Å²) >= 11 is 0. The molecule has 0 aliphatic carbocycles. The van der Waals surface area contributed by atoms with Gasteiger partial charge in [-0.1, -0.05) is 0 Å². The van der Waals surface area contributed by atoms with Crippen molar-refractivity contribution < 1.29 is 159 Å². The van der Waals surface area contributed by atoms with Crippen LogP contribution in [-0.2, 0) is 44.8 Å². The Bertz CT molecular complexity index is 15.7. The molecule has 0 aliphatic rings. The van der Waals surface area contributed by atoms with Crippen LogP contribution >= 0.6 is 0 Å². The molecule has 6 nitrogen and oxygen atoms in total. The quantitative estimate of drug-likeness (QED) is 0.391. The summed E-state index contributed by atoms with van der Waals surface area (Å²) in [6, 6.07) is 0. The van der Waals surface area contributed by atoms with Crippen LogP contribution in [0.2, 0.25) is 0 Å². The fourth-order valence-corrected chi connectivity index (χ4v) is 0. The van der Waals surface area contributed by atoms with Crippen LogP contribution in [0.1, 0.15) is 0 Å². The largest absolute Gasteiger partial charge is 1.00 e. The third-order valence-electron chi connectivity index (χ3n) is 0. The van der Waals surface area contributed by atoms with E-state index in [1.54, 1.807) is 0 Å². The van der Waals surface area contributed by atoms with Gasteiger partial charge in [0.15, 0.2) is 0 Å². The minimum Gasteiger partial charge on any atom is -0.870 e. The summed E-state index contributed by atoms with van der Waals surface area (Å²) in [6.07, 6.45) is 0. The van der Waals surface area contributed by atoms with Gasteiger partial charge in [0, 0.05) is 44.8 Å². The van der Waals surface area contributed by atoms with Crippen molar-refractivity contribution in [1.29, 1.82) is 0 Å². The Hall–Kier alpha value is 3.88. The van der Waals surface area contributed by atoms with Gasteiger partial charge in [0.2, 0.25) is 0 Å². The van der Waals surface area contributed by atoms with Gasteiger partial charge in [-0.15, -0.1) is 0 Å². The molecule has 0 fully saturated rings. The number of hydrogen-bond acceptors (Lipinski definition) is 2. The van der Waals surface area contributed by atoms with Gasteiger partial charge in [0.05, 0.1) is 0 Å². The first kappa shape index (κ1) is 153. The first-order chi connectivity index (χ1) is 0. The molecule has 0 saturated carbocycles. The number of hydrogen-bond donors (Lipinski definition) is 0. The molecule has 0 rings (SSSR count). The Kier molecular flexibility index (Phi) is 1850. The van der Waals surface area contributed by atoms with E-state index in [0.717, 1.165) is 0 Å². The third-order valence-corrected chi connectivity index (χ3v) is 0. The summed E-state index contributed by atoms with van der Waals surface area (Å²) in [6.45, 7) is 0. The monoisotopic (exact) mass is 354 g/mol. The average molecular weight is 354 g/mol. The summed E-state index contributed by atoms with van der Waals surface area (Å²) in [7, 11) is 0. The van der Waals surface area contributed by atoms with E-state index >= 15 is 0 Å². The van der Waals surface area contributed by atoms with Gasteiger partial charge < -0.3 is 32.9 Å². The van der Waals surface area contributed by atoms with Gasteiger partial charge >= 0.3 is 80.9 Å². The van der Waals surface area contributed by atoms with Crippen LogP contribution in [-0.4, -0.2) is 32.9 Å². The van der Waals surface area contributed by atoms with E-state index in [1.165, 1.54) is 0 Å². The fourth-order valence-electron chi connectivity index (χ4n) is 0. The topological polar surface area (TPSA) is 186 Å². The molecule has 0 saturated heterocycles. The van der Waals surface area contributed by atoms with Crippen LogP contribution in [0.25, 0.3) is 0 Å². The predicted octanol–water partition coefficient (Wildman–Crippen LogP) is -9.65. The van der Waals surface area contributed by atoms with Crippen molar-refractivity contribution in [3.63, 3.8) is 0 Å². The molecule has 10 heavy (non-hydrogen) atoms. The summed E-state index contributed by atoms with van der Waals surface area (Å²) < 4.78 is 0. The van der Waals surface area contributed by atoms with E-state index in [-0.39, 0.29) is 159 Å². The molecule has 0 aromatic carbocycles. The average Bonchev–Trinajstić information content (AvgIpc) is 0. The molecular formula is H10KNaNb2O6. The smallest absolute Gasteiger partial charge is 0.870 e. The van der Waals surface area contributed by atoms with Gasteiger partial charge in [-0.3, -0.25) is 0 Å². The summed E-state index contributed by atoms with van der Waals surface area (Å²) in [4.78, 5) is 0. The van der Waals surface area contributed by atoms with E-state index in [9.17, 15) is 0 Å². The van der Waals surface area contributed by atoms with Crippen LogP contribution in [0, 0.1) is 0 Å². The molecule has 0 aromatic rings. The maximum atomic E-state index is 0. The second kappa shape index (κ2) is 121. The molecule has 58 valence electrons. The molecule has 10 heteroatoms. The van der Waals surface area contributed by atoms with Crippen LogP contribution in [0.15, 0.2) is 0 Å². The van der Waals surface area contributed by atoms with Crippen LogP contribution in [0.3, 0.4) is 0 Å². The Morgan fingerprint density at radius 2 is 0.500 bits per heavy atom. The maximum Gasteiger partial charge on any atom is 1.00 e. The van der Waals surface area contributed by atoms with E-state index in [1.807, 2.05) is 0 Å². The van der Waals surface area contributed by atoms with Crippen molar-refractivity contribution in [3.05, 3.63) is 0 Å². The molecule has 0 aromatic heterocycles. The van der Waals surface area contributed by atoms with E-state index in [2.05, 4.69) is 0 Å². The zero-order valence-electron chi connectivity index (χ0n) is 5.79. The van der Waals surface area contributed by atoms with E-state index < -0.39 is 0 Å². The zero-order valence-corrected chi connectivity index (χ0v) is 15.3. The van der Waals surface area contributed by atoms with E-state index in [4.69, 9.17) is 0 Å². The molecule has 0 aliphatic heterocycles. The van der Waals surface area contributed by atoms with Crippen LogP contribution in [0.4, 0.5) is 0 Å². The predicted molar refractivity (Wildman–Crippen MR) is 18.3 cm³/mol. The van der Waals surface area contributed by atoms with Crippen molar-refractivity contribution in [2.45, 2.75) is 0 Å². The van der Waals surface area contributed by atoms with Crippen molar-refractivity contribution in [2.75, 3.05) is 0 Å². The standard InChI is InChI=1S/K.Na.2Nb.6H2O/h;;;;6*1H2/q2*+1;;;;;;;;/p-2. The molecule has 0 spiro atoms. The Morgan fingerprint density at radius 3 is 0.500 bits per heavy atom. The minimum atomic E-state index is 0. The molecule has 0 bridgehead atoms. The van der Waals surface area contributed by atoms with Crippen molar-refractivity contribution >= 4 is 0 Å². The fraction of sp³-hybridized carbons (Fsp3) is 0. The minimum absolute atomic E-state index is 0. The molecule has 0 unspecified atom stereocenters. The van der Waals surface area contributed by atoms with Crippen molar-refractivity contribution in [3.8, 4) is 0 Å². The summed E-state index contributed by atoms with van der Waals surface area (Å²) in [5.41, 5.74) is 0. The van der Waals surface area contributed by atoms with Gasteiger partial charge in [-0.05, 0) is 0 Å². The molecule has 10 N–H and O–H groups in total. The van der Waals surface area contributed by atoms with Gasteiger partial charge in [0.1, 0.15) is 0 Å². The van der Waals surface area contributed by atoms with Crippen molar-refractivity contribution in [1.82, 2.24) is 0 Å². The zero-order chi connectivity index (χ0) is 0. The van der Waals surface area contributed by atoms with E-state index in [0.29, 0.717) is 0 Å². The SMILES string of the molecule is O.O.O.O.[K+].[Na+].[Nb].[Nb].[OH-].[OH-]. The third kappa shape index (κ3) is 93.5. The van der Waals surface area contributed by atoms with Crippen molar-refractivity contribution in [2.24, 2.45) is 0 Å².